The molecule has 2 unspecified atom stereocenters. The lowest BCUT2D eigenvalue weighted by atomic mass is 9.93. The summed E-state index contributed by atoms with van der Waals surface area (Å²) >= 11 is 1.39. The first-order chi connectivity index (χ1) is 20.7. The Morgan fingerprint density at radius 2 is 1.79 bits per heavy atom. The van der Waals surface area contributed by atoms with E-state index in [2.05, 4.69) is 30.5 Å². The number of amides is 1. The lowest BCUT2D eigenvalue weighted by Crippen LogP contribution is -2.39. The van der Waals surface area contributed by atoms with E-state index >= 15 is 0 Å². The third-order valence-corrected chi connectivity index (χ3v) is 7.36. The van der Waals surface area contributed by atoms with Gasteiger partial charge in [0, 0.05) is 42.3 Å². The first kappa shape index (κ1) is 31.4. The number of carbonyl (C=O) groups excluding carboxylic acids is 1. The molecule has 2 atom stereocenters. The van der Waals surface area contributed by atoms with Crippen LogP contribution < -0.4 is 5.32 Å². The van der Waals surface area contributed by atoms with Gasteiger partial charge in [0.15, 0.2) is 23.7 Å². The highest BCUT2D eigenvalue weighted by Gasteiger charge is 2.29. The van der Waals surface area contributed by atoms with Crippen molar-refractivity contribution in [3.8, 4) is 22.1 Å². The van der Waals surface area contributed by atoms with Crippen molar-refractivity contribution in [1.29, 1.82) is 0 Å². The van der Waals surface area contributed by atoms with Gasteiger partial charge in [-0.3, -0.25) is 14.6 Å². The Kier molecular flexibility index (Phi) is 10.6. The number of aliphatic hydroxyl groups is 2. The minimum Gasteiger partial charge on any atom is -0.479 e. The maximum absolute atomic E-state index is 13.0. The van der Waals surface area contributed by atoms with E-state index in [1.807, 2.05) is 17.8 Å². The molecule has 0 saturated heterocycles. The highest BCUT2D eigenvalue weighted by Crippen LogP contribution is 2.33. The summed E-state index contributed by atoms with van der Waals surface area (Å²) in [5, 5.41) is 49.4. The van der Waals surface area contributed by atoms with Gasteiger partial charge in [-0.15, -0.1) is 11.3 Å². The minimum absolute atomic E-state index is 0.238. The number of rotatable bonds is 10. The van der Waals surface area contributed by atoms with Crippen LogP contribution in [0.15, 0.2) is 42.4 Å². The third-order valence-electron chi connectivity index (χ3n) is 6.47. The van der Waals surface area contributed by atoms with Gasteiger partial charge in [-0.2, -0.15) is 10.2 Å². The van der Waals surface area contributed by atoms with Crippen LogP contribution in [-0.2, 0) is 14.3 Å². The summed E-state index contributed by atoms with van der Waals surface area (Å²) in [4.78, 5) is 45.7. The van der Waals surface area contributed by atoms with E-state index in [0.29, 0.717) is 29.0 Å². The predicted octanol–water partition coefficient (Wildman–Crippen LogP) is 1.84. The van der Waals surface area contributed by atoms with Crippen molar-refractivity contribution in [3.63, 3.8) is 0 Å². The van der Waals surface area contributed by atoms with Crippen LogP contribution in [0.2, 0.25) is 0 Å². The number of carboxylic acid groups (broad SMARTS) is 2. The van der Waals surface area contributed by atoms with E-state index < -0.39 is 24.1 Å². The van der Waals surface area contributed by atoms with Gasteiger partial charge in [0.2, 0.25) is 0 Å². The smallest absolute Gasteiger partial charge is 0.335 e. The number of carbonyl (C=O) groups is 3. The molecular weight excluding hydrogens is 584 g/mol. The molecule has 4 heterocycles. The van der Waals surface area contributed by atoms with Crippen LogP contribution in [0, 0.1) is 0 Å². The number of aliphatic carboxylic acids is 2. The molecule has 1 aliphatic carbocycles. The molecule has 0 aliphatic heterocycles. The van der Waals surface area contributed by atoms with Crippen LogP contribution in [0.4, 0.5) is 5.69 Å². The van der Waals surface area contributed by atoms with Crippen LogP contribution in [0.5, 0.6) is 0 Å². The van der Waals surface area contributed by atoms with Crippen molar-refractivity contribution >= 4 is 34.9 Å². The van der Waals surface area contributed by atoms with Crippen LogP contribution in [0.25, 0.3) is 22.1 Å². The molecule has 17 heteroatoms. The number of carboxylic acids is 2. The summed E-state index contributed by atoms with van der Waals surface area (Å²) in [5.41, 5.74) is 2.28. The Labute approximate surface area is 248 Å². The second-order valence-corrected chi connectivity index (χ2v) is 10.2. The molecule has 0 spiro atoms. The van der Waals surface area contributed by atoms with Crippen molar-refractivity contribution in [2.75, 3.05) is 11.9 Å². The molecular formula is C26H30N8O8S. The molecule has 4 aromatic rings. The van der Waals surface area contributed by atoms with Gasteiger partial charge in [0.25, 0.3) is 5.91 Å². The van der Waals surface area contributed by atoms with Crippen molar-refractivity contribution < 1.29 is 39.5 Å². The van der Waals surface area contributed by atoms with Gasteiger partial charge in [-0.05, 0) is 38.7 Å². The predicted molar refractivity (Wildman–Crippen MR) is 151 cm³/mol. The third kappa shape index (κ3) is 8.04. The molecule has 16 nitrogen and oxygen atoms in total. The van der Waals surface area contributed by atoms with Crippen LogP contribution in [-0.4, -0.2) is 98.1 Å². The Morgan fingerprint density at radius 3 is 2.37 bits per heavy atom. The largest absolute Gasteiger partial charge is 0.479 e. The Bertz CT molecular complexity index is 1480. The molecule has 4 aromatic heterocycles. The average molecular weight is 615 g/mol. The number of nitrogens with zero attached hydrogens (tertiary/aromatic N) is 6. The number of aromatic amines is 1. The Hall–Kier alpha value is -4.58. The molecule has 1 fully saturated rings. The Morgan fingerprint density at radius 1 is 1.12 bits per heavy atom. The molecule has 1 saturated carbocycles. The molecule has 0 aromatic carbocycles. The SMILES string of the molecule is CCOC1CCC(n2cc(NC(=O)c3csc(-c4cn[nH]c4)n3)c(-c3ncccn3)n2)CC1.O=C(O)C(O)C(O)C(=O)O. The van der Waals surface area contributed by atoms with Crippen LogP contribution in [0.3, 0.4) is 0 Å². The summed E-state index contributed by atoms with van der Waals surface area (Å²) in [5.74, 6) is -3.38. The normalized spacial score (nSPS) is 17.7. The van der Waals surface area contributed by atoms with Gasteiger partial charge in [-0.1, -0.05) is 0 Å². The topological polar surface area (TPSA) is 239 Å². The first-order valence-corrected chi connectivity index (χ1v) is 14.1. The maximum Gasteiger partial charge on any atom is 0.335 e. The number of H-pyrrole nitrogens is 1. The zero-order valence-corrected chi connectivity index (χ0v) is 23.7. The van der Waals surface area contributed by atoms with Gasteiger partial charge >= 0.3 is 11.9 Å². The van der Waals surface area contributed by atoms with Gasteiger partial charge in [-0.25, -0.2) is 24.5 Å². The zero-order chi connectivity index (χ0) is 30.9. The monoisotopic (exact) mass is 614 g/mol. The second kappa shape index (κ2) is 14.5. The zero-order valence-electron chi connectivity index (χ0n) is 22.9. The molecule has 0 radical (unpaired) electrons. The van der Waals surface area contributed by atoms with Crippen LogP contribution in [0.1, 0.15) is 49.1 Å². The number of anilines is 1. The summed E-state index contributed by atoms with van der Waals surface area (Å²) < 4.78 is 7.71. The summed E-state index contributed by atoms with van der Waals surface area (Å²) in [7, 11) is 0. The van der Waals surface area contributed by atoms with Gasteiger partial charge in [0.1, 0.15) is 10.7 Å². The summed E-state index contributed by atoms with van der Waals surface area (Å²) in [6, 6.07) is 1.99. The van der Waals surface area contributed by atoms with Gasteiger partial charge in [0.05, 0.1) is 24.0 Å². The van der Waals surface area contributed by atoms with E-state index in [1.165, 1.54) is 11.3 Å². The molecule has 228 valence electrons. The Balaban J connectivity index is 0.000000365. The summed E-state index contributed by atoms with van der Waals surface area (Å²) in [6.07, 6.45) is 8.32. The van der Waals surface area contributed by atoms with E-state index in [9.17, 15) is 14.4 Å². The number of aliphatic hydroxyl groups excluding tert-OH is 2. The number of nitrogens with one attached hydrogen (secondary N) is 2. The quantitative estimate of drug-likeness (QED) is 0.150. The molecule has 6 N–H and O–H groups in total. The average Bonchev–Trinajstić information content (AvgIpc) is 3.79. The fourth-order valence-corrected chi connectivity index (χ4v) is 5.09. The van der Waals surface area contributed by atoms with Crippen molar-refractivity contribution in [3.05, 3.63) is 48.1 Å². The number of aromatic nitrogens is 7. The number of thiazole rings is 1. The van der Waals surface area contributed by atoms with E-state index in [4.69, 9.17) is 30.3 Å². The number of hydrogen-bond acceptors (Lipinski definition) is 12. The molecule has 0 bridgehead atoms. The first-order valence-electron chi connectivity index (χ1n) is 13.2. The van der Waals surface area contributed by atoms with Crippen LogP contribution >= 0.6 is 11.3 Å². The highest BCUT2D eigenvalue weighted by molar-refractivity contribution is 7.13. The fourth-order valence-electron chi connectivity index (χ4n) is 4.30. The highest BCUT2D eigenvalue weighted by atomic mass is 32.1. The van der Waals surface area contributed by atoms with Gasteiger partial charge < -0.3 is 30.5 Å². The molecule has 43 heavy (non-hydrogen) atoms. The van der Waals surface area contributed by atoms with E-state index in [-0.39, 0.29) is 11.9 Å². The molecule has 5 rings (SSSR count). The minimum atomic E-state index is -2.27. The summed E-state index contributed by atoms with van der Waals surface area (Å²) in [6.45, 7) is 2.77. The second-order valence-electron chi connectivity index (χ2n) is 9.37. The lowest BCUT2D eigenvalue weighted by Gasteiger charge is -2.28. The van der Waals surface area contributed by atoms with Crippen molar-refractivity contribution in [2.45, 2.75) is 57.0 Å². The van der Waals surface area contributed by atoms with E-state index in [0.717, 1.165) is 42.9 Å². The van der Waals surface area contributed by atoms with E-state index in [1.54, 1.807) is 36.2 Å². The van der Waals surface area contributed by atoms with Crippen molar-refractivity contribution in [1.82, 2.24) is 34.9 Å². The molecule has 1 aliphatic rings. The maximum atomic E-state index is 13.0. The fraction of sp³-hybridized carbons (Fsp3) is 0.385. The number of ether oxygens (including phenoxy) is 1. The standard InChI is InChI=1S/C22H24N8O2S.C4H6O6/c1-2-32-16-6-4-15(5-7-16)30-12-17(19(29-30)20-23-8-3-9-24-20)27-21(31)18-13-33-22(28-18)14-10-25-26-11-14;5-1(3(7)8)2(6)4(9)10/h3,8-13,15-16H,2,4-7H2,1H3,(H,25,26)(H,27,31);1-2,5-6H,(H,7,8)(H,9,10). The molecule has 1 amide bonds. The number of hydrogen-bond donors (Lipinski definition) is 6. The van der Waals surface area contributed by atoms with Crippen molar-refractivity contribution in [2.24, 2.45) is 0 Å². The lowest BCUT2D eigenvalue weighted by molar-refractivity contribution is -0.165.